The third kappa shape index (κ3) is 4.34. The molecule has 0 spiro atoms. The maximum Gasteiger partial charge on any atom is 0.428 e. The molecule has 5 rings (SSSR count). The summed E-state index contributed by atoms with van der Waals surface area (Å²) in [6, 6.07) is 14.0. The molecular formula is C26H20Cl2F3N3O2. The van der Waals surface area contributed by atoms with E-state index in [0.717, 1.165) is 36.7 Å². The monoisotopic (exact) mass is 533 g/mol. The second kappa shape index (κ2) is 8.80. The van der Waals surface area contributed by atoms with Crippen LogP contribution >= 0.6 is 23.2 Å². The fourth-order valence-electron chi connectivity index (χ4n) is 4.34. The van der Waals surface area contributed by atoms with E-state index in [9.17, 15) is 18.0 Å². The van der Waals surface area contributed by atoms with Crippen LogP contribution in [0.1, 0.15) is 45.6 Å². The molecular weight excluding hydrogens is 514 g/mol. The van der Waals surface area contributed by atoms with E-state index in [4.69, 9.17) is 28.0 Å². The molecule has 2 heterocycles. The van der Waals surface area contributed by atoms with Crippen LogP contribution in [0.5, 0.6) is 0 Å². The standard InChI is InChI=1S/C26H20Cl2F3N3O2/c1-15-10-16(5-6-20(15)23(35)33-24(7-8-24)22-4-2-3-9-32-22)21-14-25(36-34-21,26(29,30)31)17-11-18(27)13-19(28)12-17/h2-6,9-14,34H,7-8H2,1H3,(H,33,35). The number of carbonyl (C=O) groups is 1. The first kappa shape index (κ1) is 24.6. The summed E-state index contributed by atoms with van der Waals surface area (Å²) in [5.41, 5.74) is 1.21. The van der Waals surface area contributed by atoms with Crippen molar-refractivity contribution in [2.75, 3.05) is 0 Å². The van der Waals surface area contributed by atoms with Gasteiger partial charge < -0.3 is 5.32 Å². The maximum atomic E-state index is 14.3. The maximum absolute atomic E-state index is 14.3. The number of rotatable bonds is 5. The molecule has 1 aliphatic heterocycles. The number of aromatic nitrogens is 1. The van der Waals surface area contributed by atoms with Crippen molar-refractivity contribution in [2.24, 2.45) is 0 Å². The first-order chi connectivity index (χ1) is 17.0. The molecule has 0 saturated heterocycles. The van der Waals surface area contributed by atoms with Crippen LogP contribution < -0.4 is 10.8 Å². The number of carbonyl (C=O) groups excluding carboxylic acids is 1. The van der Waals surface area contributed by atoms with Crippen molar-refractivity contribution in [3.63, 3.8) is 0 Å². The van der Waals surface area contributed by atoms with Gasteiger partial charge in [-0.05, 0) is 79.4 Å². The normalized spacial score (nSPS) is 20.4. The summed E-state index contributed by atoms with van der Waals surface area (Å²) in [6.45, 7) is 1.73. The molecule has 1 unspecified atom stereocenters. The molecule has 186 valence electrons. The molecule has 5 nitrogen and oxygen atoms in total. The molecule has 1 aromatic heterocycles. The van der Waals surface area contributed by atoms with Gasteiger partial charge >= 0.3 is 6.18 Å². The van der Waals surface area contributed by atoms with E-state index < -0.39 is 17.3 Å². The molecule has 36 heavy (non-hydrogen) atoms. The van der Waals surface area contributed by atoms with Crippen LogP contribution in [0.25, 0.3) is 5.70 Å². The molecule has 10 heteroatoms. The minimum absolute atomic E-state index is 0.0527. The molecule has 1 aliphatic carbocycles. The van der Waals surface area contributed by atoms with Crippen molar-refractivity contribution in [2.45, 2.75) is 37.1 Å². The largest absolute Gasteiger partial charge is 0.428 e. The lowest BCUT2D eigenvalue weighted by Gasteiger charge is -2.28. The molecule has 2 N–H and O–H groups in total. The number of aryl methyl sites for hydroxylation is 1. The van der Waals surface area contributed by atoms with Gasteiger partial charge in [0.1, 0.15) is 0 Å². The van der Waals surface area contributed by atoms with Crippen LogP contribution in [0.15, 0.2) is 66.9 Å². The van der Waals surface area contributed by atoms with Gasteiger partial charge in [0, 0.05) is 27.4 Å². The third-order valence-corrected chi connectivity index (χ3v) is 6.86. The van der Waals surface area contributed by atoms with Gasteiger partial charge in [-0.15, -0.1) is 0 Å². The first-order valence-corrected chi connectivity index (χ1v) is 11.8. The topological polar surface area (TPSA) is 63.2 Å². The van der Waals surface area contributed by atoms with E-state index in [-0.39, 0.29) is 27.2 Å². The minimum Gasteiger partial charge on any atom is -0.341 e. The van der Waals surface area contributed by atoms with Gasteiger partial charge in [0.2, 0.25) is 5.60 Å². The molecule has 0 radical (unpaired) electrons. The van der Waals surface area contributed by atoms with Gasteiger partial charge in [0.15, 0.2) is 0 Å². The highest BCUT2D eigenvalue weighted by Crippen LogP contribution is 2.48. The molecule has 1 atom stereocenters. The minimum atomic E-state index is -4.81. The fourth-order valence-corrected chi connectivity index (χ4v) is 4.87. The van der Waals surface area contributed by atoms with Gasteiger partial charge in [-0.3, -0.25) is 20.1 Å². The Morgan fingerprint density at radius 2 is 1.81 bits per heavy atom. The third-order valence-electron chi connectivity index (χ3n) is 6.42. The van der Waals surface area contributed by atoms with E-state index >= 15 is 0 Å². The molecule has 0 bridgehead atoms. The lowest BCUT2D eigenvalue weighted by atomic mass is 9.91. The Morgan fingerprint density at radius 1 is 1.08 bits per heavy atom. The Morgan fingerprint density at radius 3 is 2.39 bits per heavy atom. The number of nitrogens with one attached hydrogen (secondary N) is 2. The average Bonchev–Trinajstić information content (AvgIpc) is 3.44. The highest BCUT2D eigenvalue weighted by atomic mass is 35.5. The molecule has 1 amide bonds. The number of benzene rings is 2. The zero-order chi connectivity index (χ0) is 25.7. The van der Waals surface area contributed by atoms with Crippen molar-refractivity contribution in [3.05, 3.63) is 105 Å². The molecule has 2 aromatic carbocycles. The predicted molar refractivity (Wildman–Crippen MR) is 130 cm³/mol. The van der Waals surface area contributed by atoms with Gasteiger partial charge in [-0.25, -0.2) is 0 Å². The van der Waals surface area contributed by atoms with E-state index in [0.29, 0.717) is 16.7 Å². The summed E-state index contributed by atoms with van der Waals surface area (Å²) in [5, 5.41) is 3.17. The smallest absolute Gasteiger partial charge is 0.341 e. The van der Waals surface area contributed by atoms with Crippen LogP contribution in [0.4, 0.5) is 13.2 Å². The summed E-state index contributed by atoms with van der Waals surface area (Å²) >= 11 is 11.9. The number of alkyl halides is 3. The van der Waals surface area contributed by atoms with Crippen LogP contribution in [0, 0.1) is 6.92 Å². The molecule has 3 aromatic rings. The summed E-state index contributed by atoms with van der Waals surface area (Å²) in [5.74, 6) is -0.273. The number of hydroxylamine groups is 1. The van der Waals surface area contributed by atoms with Crippen molar-refractivity contribution in [3.8, 4) is 0 Å². The zero-order valence-corrected chi connectivity index (χ0v) is 20.4. The van der Waals surface area contributed by atoms with Crippen LogP contribution in [0.2, 0.25) is 10.0 Å². The fraction of sp³-hybridized carbons (Fsp3) is 0.231. The highest BCUT2D eigenvalue weighted by molar-refractivity contribution is 6.34. The van der Waals surface area contributed by atoms with Crippen molar-refractivity contribution < 1.29 is 22.8 Å². The average molecular weight is 534 g/mol. The Bertz CT molecular complexity index is 1350. The number of nitrogens with zero attached hydrogens (tertiary/aromatic N) is 1. The summed E-state index contributed by atoms with van der Waals surface area (Å²) in [4.78, 5) is 22.5. The number of hydrogen-bond donors (Lipinski definition) is 2. The Kier molecular flexibility index (Phi) is 6.01. The summed E-state index contributed by atoms with van der Waals surface area (Å²) in [6.07, 6.45) is -0.606. The highest BCUT2D eigenvalue weighted by Gasteiger charge is 2.59. The lowest BCUT2D eigenvalue weighted by molar-refractivity contribution is -0.269. The lowest BCUT2D eigenvalue weighted by Crippen LogP contribution is -2.42. The number of halogens is 5. The van der Waals surface area contributed by atoms with Crippen molar-refractivity contribution >= 4 is 34.8 Å². The van der Waals surface area contributed by atoms with Crippen molar-refractivity contribution in [1.82, 2.24) is 15.8 Å². The van der Waals surface area contributed by atoms with E-state index in [1.165, 1.54) is 6.07 Å². The second-order valence-corrected chi connectivity index (χ2v) is 9.81. The number of amides is 1. The SMILES string of the molecule is Cc1cc(C2=CC(c3cc(Cl)cc(Cl)c3)(C(F)(F)F)ON2)ccc1C(=O)NC1(c2ccccn2)CC1. The van der Waals surface area contributed by atoms with Crippen LogP contribution in [-0.2, 0) is 16.0 Å². The van der Waals surface area contributed by atoms with Crippen LogP contribution in [-0.4, -0.2) is 17.1 Å². The molecule has 1 saturated carbocycles. The van der Waals surface area contributed by atoms with Crippen molar-refractivity contribution in [1.29, 1.82) is 0 Å². The summed E-state index contributed by atoms with van der Waals surface area (Å²) in [7, 11) is 0. The second-order valence-electron chi connectivity index (χ2n) is 8.93. The molecule has 2 aliphatic rings. The van der Waals surface area contributed by atoms with E-state index in [1.54, 1.807) is 31.3 Å². The van der Waals surface area contributed by atoms with E-state index in [1.807, 2.05) is 18.2 Å². The number of hydrogen-bond acceptors (Lipinski definition) is 4. The first-order valence-electron chi connectivity index (χ1n) is 11.1. The van der Waals surface area contributed by atoms with E-state index in [2.05, 4.69) is 15.8 Å². The Balaban J connectivity index is 1.44. The van der Waals surface area contributed by atoms with Gasteiger partial charge in [0.05, 0.1) is 16.9 Å². The number of pyridine rings is 1. The molecule has 1 fully saturated rings. The quantitative estimate of drug-likeness (QED) is 0.395. The Hall–Kier alpha value is -3.07. The van der Waals surface area contributed by atoms with Gasteiger partial charge in [0.25, 0.3) is 5.91 Å². The van der Waals surface area contributed by atoms with Gasteiger partial charge in [-0.2, -0.15) is 13.2 Å². The van der Waals surface area contributed by atoms with Gasteiger partial charge in [-0.1, -0.05) is 35.3 Å². The predicted octanol–water partition coefficient (Wildman–Crippen LogP) is 6.45. The Labute approximate surface area is 215 Å². The zero-order valence-electron chi connectivity index (χ0n) is 18.9. The van der Waals surface area contributed by atoms with Crippen LogP contribution in [0.3, 0.4) is 0 Å². The summed E-state index contributed by atoms with van der Waals surface area (Å²) < 4.78 is 42.8.